The van der Waals surface area contributed by atoms with E-state index in [2.05, 4.69) is 15.1 Å². The van der Waals surface area contributed by atoms with Gasteiger partial charge in [0.1, 0.15) is 11.3 Å². The summed E-state index contributed by atoms with van der Waals surface area (Å²) in [5, 5.41) is 4.69. The van der Waals surface area contributed by atoms with Crippen molar-refractivity contribution >= 4 is 11.6 Å². The van der Waals surface area contributed by atoms with Crippen LogP contribution in [0, 0.1) is 6.92 Å². The number of methoxy groups -OCH3 is 1. The standard InChI is InChI=1S/C12H15ClN4O/c1-7-5-10(17(3)16-7)9-6-11(13)15-12(14-9)8(2)18-4/h5-6,8H,1-4H3. The van der Waals surface area contributed by atoms with Crippen molar-refractivity contribution in [3.8, 4) is 11.4 Å². The van der Waals surface area contributed by atoms with Gasteiger partial charge >= 0.3 is 0 Å². The molecule has 2 heterocycles. The molecule has 0 amide bonds. The number of hydrogen-bond donors (Lipinski definition) is 0. The van der Waals surface area contributed by atoms with E-state index < -0.39 is 0 Å². The molecule has 2 rings (SSSR count). The summed E-state index contributed by atoms with van der Waals surface area (Å²) >= 11 is 6.02. The second-order valence-electron chi connectivity index (χ2n) is 4.11. The van der Waals surface area contributed by atoms with Gasteiger partial charge in [-0.2, -0.15) is 5.10 Å². The van der Waals surface area contributed by atoms with Crippen molar-refractivity contribution in [1.82, 2.24) is 19.7 Å². The zero-order valence-corrected chi connectivity index (χ0v) is 11.6. The van der Waals surface area contributed by atoms with Crippen molar-refractivity contribution < 1.29 is 4.74 Å². The average Bonchev–Trinajstić information content (AvgIpc) is 2.66. The molecule has 0 spiro atoms. The highest BCUT2D eigenvalue weighted by Gasteiger charge is 2.13. The second kappa shape index (κ2) is 5.04. The van der Waals surface area contributed by atoms with Crippen LogP contribution in [0.2, 0.25) is 5.15 Å². The number of rotatable bonds is 3. The molecule has 2 aromatic rings. The lowest BCUT2D eigenvalue weighted by Gasteiger charge is -2.10. The molecular formula is C12H15ClN4O. The van der Waals surface area contributed by atoms with Crippen molar-refractivity contribution in [3.05, 3.63) is 28.8 Å². The van der Waals surface area contributed by atoms with E-state index >= 15 is 0 Å². The van der Waals surface area contributed by atoms with Crippen LogP contribution in [0.1, 0.15) is 24.5 Å². The molecule has 0 radical (unpaired) electrons. The van der Waals surface area contributed by atoms with Gasteiger partial charge in [0.15, 0.2) is 5.82 Å². The monoisotopic (exact) mass is 266 g/mol. The zero-order valence-electron chi connectivity index (χ0n) is 10.8. The maximum atomic E-state index is 6.02. The summed E-state index contributed by atoms with van der Waals surface area (Å²) in [4.78, 5) is 8.63. The lowest BCUT2D eigenvalue weighted by atomic mass is 10.2. The predicted molar refractivity (Wildman–Crippen MR) is 69.4 cm³/mol. The Bertz CT molecular complexity index is 567. The molecule has 0 fully saturated rings. The third-order valence-corrected chi connectivity index (χ3v) is 2.89. The molecule has 0 aromatic carbocycles. The van der Waals surface area contributed by atoms with Crippen LogP contribution in [-0.2, 0) is 11.8 Å². The Morgan fingerprint density at radius 1 is 1.33 bits per heavy atom. The predicted octanol–water partition coefficient (Wildman–Crippen LogP) is 2.55. The number of aryl methyl sites for hydroxylation is 2. The van der Waals surface area contributed by atoms with E-state index in [-0.39, 0.29) is 6.10 Å². The third kappa shape index (κ3) is 2.52. The third-order valence-electron chi connectivity index (χ3n) is 2.69. The van der Waals surface area contributed by atoms with Crippen molar-refractivity contribution in [2.45, 2.75) is 20.0 Å². The van der Waals surface area contributed by atoms with Gasteiger partial charge in [-0.15, -0.1) is 0 Å². The number of halogens is 1. The van der Waals surface area contributed by atoms with Gasteiger partial charge in [-0.25, -0.2) is 9.97 Å². The minimum atomic E-state index is -0.197. The fraction of sp³-hybridized carbons (Fsp3) is 0.417. The first-order chi connectivity index (χ1) is 8.51. The summed E-state index contributed by atoms with van der Waals surface area (Å²) in [6.07, 6.45) is -0.197. The Hall–Kier alpha value is -1.46. The molecule has 0 aliphatic carbocycles. The molecule has 1 unspecified atom stereocenters. The Morgan fingerprint density at radius 3 is 2.61 bits per heavy atom. The van der Waals surface area contributed by atoms with E-state index in [1.165, 1.54) is 0 Å². The molecule has 0 aliphatic heterocycles. The fourth-order valence-electron chi connectivity index (χ4n) is 1.70. The first-order valence-corrected chi connectivity index (χ1v) is 5.97. The maximum Gasteiger partial charge on any atom is 0.159 e. The van der Waals surface area contributed by atoms with Gasteiger partial charge in [0.2, 0.25) is 0 Å². The van der Waals surface area contributed by atoms with Gasteiger partial charge < -0.3 is 4.74 Å². The van der Waals surface area contributed by atoms with E-state index in [0.717, 1.165) is 17.1 Å². The van der Waals surface area contributed by atoms with Crippen molar-refractivity contribution in [2.75, 3.05) is 7.11 Å². The molecule has 0 aliphatic rings. The lowest BCUT2D eigenvalue weighted by molar-refractivity contribution is 0.112. The topological polar surface area (TPSA) is 52.8 Å². The minimum Gasteiger partial charge on any atom is -0.374 e. The molecule has 5 nitrogen and oxygen atoms in total. The molecule has 2 aromatic heterocycles. The first-order valence-electron chi connectivity index (χ1n) is 5.59. The normalized spacial score (nSPS) is 12.7. The maximum absolute atomic E-state index is 6.02. The van der Waals surface area contributed by atoms with Crippen molar-refractivity contribution in [2.24, 2.45) is 7.05 Å². The number of ether oxygens (including phenoxy) is 1. The first kappa shape index (κ1) is 13.0. The molecular weight excluding hydrogens is 252 g/mol. The van der Waals surface area contributed by atoms with Crippen LogP contribution in [0.5, 0.6) is 0 Å². The highest BCUT2D eigenvalue weighted by atomic mass is 35.5. The molecule has 1 atom stereocenters. The minimum absolute atomic E-state index is 0.197. The van der Waals surface area contributed by atoms with Gasteiger partial charge in [-0.1, -0.05) is 11.6 Å². The molecule has 0 bridgehead atoms. The highest BCUT2D eigenvalue weighted by Crippen LogP contribution is 2.23. The van der Waals surface area contributed by atoms with Gasteiger partial charge in [0.25, 0.3) is 0 Å². The molecule has 96 valence electrons. The van der Waals surface area contributed by atoms with Crippen molar-refractivity contribution in [3.63, 3.8) is 0 Å². The van der Waals surface area contributed by atoms with Crippen LogP contribution < -0.4 is 0 Å². The van der Waals surface area contributed by atoms with Gasteiger partial charge in [-0.05, 0) is 19.9 Å². The van der Waals surface area contributed by atoms with Crippen LogP contribution in [0.25, 0.3) is 11.4 Å². The van der Waals surface area contributed by atoms with E-state index in [1.54, 1.807) is 17.9 Å². The van der Waals surface area contributed by atoms with Crippen LogP contribution in [-0.4, -0.2) is 26.9 Å². The van der Waals surface area contributed by atoms with E-state index in [9.17, 15) is 0 Å². The van der Waals surface area contributed by atoms with Gasteiger partial charge in [0.05, 0.1) is 17.1 Å². The Morgan fingerprint density at radius 2 is 2.06 bits per heavy atom. The molecule has 0 N–H and O–H groups in total. The lowest BCUT2D eigenvalue weighted by Crippen LogP contribution is -2.05. The SMILES string of the molecule is COC(C)c1nc(Cl)cc(-c2cc(C)nn2C)n1. The van der Waals surface area contributed by atoms with E-state index in [4.69, 9.17) is 16.3 Å². The average molecular weight is 267 g/mol. The molecule has 0 saturated heterocycles. The Balaban J connectivity index is 2.51. The highest BCUT2D eigenvalue weighted by molar-refractivity contribution is 6.29. The summed E-state index contributed by atoms with van der Waals surface area (Å²) in [7, 11) is 3.49. The summed E-state index contributed by atoms with van der Waals surface area (Å²) in [6.45, 7) is 3.81. The Labute approximate surface area is 111 Å². The Kier molecular flexibility index (Phi) is 3.63. The van der Waals surface area contributed by atoms with Crippen molar-refractivity contribution in [1.29, 1.82) is 0 Å². The van der Waals surface area contributed by atoms with Gasteiger partial charge in [-0.3, -0.25) is 4.68 Å². The summed E-state index contributed by atoms with van der Waals surface area (Å²) in [5.74, 6) is 0.568. The second-order valence-corrected chi connectivity index (χ2v) is 4.49. The largest absolute Gasteiger partial charge is 0.374 e. The quantitative estimate of drug-likeness (QED) is 0.801. The van der Waals surface area contributed by atoms with E-state index in [1.807, 2.05) is 27.0 Å². The summed E-state index contributed by atoms with van der Waals surface area (Å²) < 4.78 is 6.98. The molecule has 6 heteroatoms. The zero-order chi connectivity index (χ0) is 13.3. The van der Waals surface area contributed by atoms with Gasteiger partial charge in [0, 0.05) is 20.2 Å². The number of hydrogen-bond acceptors (Lipinski definition) is 4. The summed E-state index contributed by atoms with van der Waals surface area (Å²) in [5.41, 5.74) is 2.59. The van der Waals surface area contributed by atoms with E-state index in [0.29, 0.717) is 11.0 Å². The van der Waals surface area contributed by atoms with Crippen LogP contribution >= 0.6 is 11.6 Å². The van der Waals surface area contributed by atoms with Crippen LogP contribution in [0.15, 0.2) is 12.1 Å². The van der Waals surface area contributed by atoms with Crippen LogP contribution in [0.3, 0.4) is 0 Å². The number of nitrogens with zero attached hydrogens (tertiary/aromatic N) is 4. The molecule has 0 saturated carbocycles. The fourth-order valence-corrected chi connectivity index (χ4v) is 1.89. The molecule has 18 heavy (non-hydrogen) atoms. The number of aromatic nitrogens is 4. The smallest absolute Gasteiger partial charge is 0.159 e. The van der Waals surface area contributed by atoms with Crippen LogP contribution in [0.4, 0.5) is 0 Å². The summed E-state index contributed by atoms with van der Waals surface area (Å²) in [6, 6.07) is 3.68.